The number of aromatic nitrogens is 4. The SMILES string of the molecule is O=C(NCc1ccn[nH]1)c1c[nH]c(=O)cn1. The number of hydrogen-bond acceptors (Lipinski definition) is 4. The number of amides is 1. The van der Waals surface area contributed by atoms with E-state index in [0.717, 1.165) is 11.9 Å². The molecule has 16 heavy (non-hydrogen) atoms. The van der Waals surface area contributed by atoms with Crippen LogP contribution < -0.4 is 10.9 Å². The number of H-pyrrole nitrogens is 2. The molecule has 0 saturated heterocycles. The van der Waals surface area contributed by atoms with Crippen LogP contribution in [0, 0.1) is 0 Å². The molecule has 0 aromatic carbocycles. The van der Waals surface area contributed by atoms with Crippen LogP contribution in [0.4, 0.5) is 0 Å². The molecule has 0 aliphatic rings. The van der Waals surface area contributed by atoms with Crippen LogP contribution in [0.2, 0.25) is 0 Å². The number of rotatable bonds is 3. The summed E-state index contributed by atoms with van der Waals surface area (Å²) >= 11 is 0. The van der Waals surface area contributed by atoms with Gasteiger partial charge in [0, 0.05) is 12.4 Å². The smallest absolute Gasteiger partial charge is 0.271 e. The third kappa shape index (κ3) is 2.32. The van der Waals surface area contributed by atoms with E-state index in [2.05, 4.69) is 25.5 Å². The Morgan fingerprint density at radius 3 is 3.00 bits per heavy atom. The van der Waals surface area contributed by atoms with Crippen molar-refractivity contribution in [1.29, 1.82) is 0 Å². The van der Waals surface area contributed by atoms with Gasteiger partial charge in [-0.1, -0.05) is 0 Å². The molecule has 0 aliphatic heterocycles. The Bertz CT molecular complexity index is 511. The minimum Gasteiger partial charge on any atom is -0.345 e. The van der Waals surface area contributed by atoms with Crippen LogP contribution in [0.5, 0.6) is 0 Å². The fourth-order valence-corrected chi connectivity index (χ4v) is 1.12. The Kier molecular flexibility index (Phi) is 2.77. The fraction of sp³-hybridized carbons (Fsp3) is 0.111. The summed E-state index contributed by atoms with van der Waals surface area (Å²) in [4.78, 5) is 28.3. The summed E-state index contributed by atoms with van der Waals surface area (Å²) in [6.07, 6.45) is 3.93. The van der Waals surface area contributed by atoms with Gasteiger partial charge in [-0.15, -0.1) is 0 Å². The van der Waals surface area contributed by atoms with Crippen molar-refractivity contribution in [3.63, 3.8) is 0 Å². The van der Waals surface area contributed by atoms with Gasteiger partial charge < -0.3 is 10.3 Å². The monoisotopic (exact) mass is 219 g/mol. The van der Waals surface area contributed by atoms with Gasteiger partial charge in [0.05, 0.1) is 18.4 Å². The Hall–Kier alpha value is -2.44. The Balaban J connectivity index is 1.98. The number of aromatic amines is 2. The van der Waals surface area contributed by atoms with Gasteiger partial charge in [-0.2, -0.15) is 5.10 Å². The van der Waals surface area contributed by atoms with E-state index in [4.69, 9.17) is 0 Å². The molecule has 0 spiro atoms. The van der Waals surface area contributed by atoms with Gasteiger partial charge in [0.2, 0.25) is 0 Å². The quantitative estimate of drug-likeness (QED) is 0.642. The van der Waals surface area contributed by atoms with Gasteiger partial charge in [0.25, 0.3) is 11.5 Å². The van der Waals surface area contributed by atoms with E-state index in [9.17, 15) is 9.59 Å². The summed E-state index contributed by atoms with van der Waals surface area (Å²) in [5.41, 5.74) is 0.613. The molecule has 7 nitrogen and oxygen atoms in total. The predicted octanol–water partition coefficient (Wildman–Crippen LogP) is -0.577. The third-order valence-electron chi connectivity index (χ3n) is 1.90. The highest BCUT2D eigenvalue weighted by Crippen LogP contribution is 1.92. The molecule has 2 heterocycles. The second-order valence-corrected chi connectivity index (χ2v) is 3.06. The van der Waals surface area contributed by atoms with Crippen molar-refractivity contribution in [2.45, 2.75) is 6.54 Å². The molecule has 7 heteroatoms. The maximum absolute atomic E-state index is 11.5. The average molecular weight is 219 g/mol. The van der Waals surface area contributed by atoms with Crippen LogP contribution in [0.15, 0.2) is 29.5 Å². The topological polar surface area (TPSA) is 104 Å². The van der Waals surface area contributed by atoms with Crippen LogP contribution in [-0.2, 0) is 6.54 Å². The summed E-state index contributed by atoms with van der Waals surface area (Å²) in [5.74, 6) is -0.356. The van der Waals surface area contributed by atoms with Crippen molar-refractivity contribution in [3.8, 4) is 0 Å². The second kappa shape index (κ2) is 4.39. The first-order valence-corrected chi connectivity index (χ1v) is 4.57. The van der Waals surface area contributed by atoms with Crippen molar-refractivity contribution in [1.82, 2.24) is 25.5 Å². The highest BCUT2D eigenvalue weighted by atomic mass is 16.2. The summed E-state index contributed by atoms with van der Waals surface area (Å²) in [7, 11) is 0. The minimum absolute atomic E-state index is 0.166. The molecule has 0 atom stereocenters. The molecule has 2 aromatic heterocycles. The zero-order valence-corrected chi connectivity index (χ0v) is 8.23. The van der Waals surface area contributed by atoms with Crippen LogP contribution >= 0.6 is 0 Å². The highest BCUT2D eigenvalue weighted by molar-refractivity contribution is 5.91. The zero-order valence-electron chi connectivity index (χ0n) is 8.23. The van der Waals surface area contributed by atoms with Crippen molar-refractivity contribution in [2.24, 2.45) is 0 Å². The minimum atomic E-state index is -0.356. The molecule has 0 fully saturated rings. The molecular formula is C9H9N5O2. The summed E-state index contributed by atoms with van der Waals surface area (Å²) in [5, 5.41) is 9.08. The van der Waals surface area contributed by atoms with Crippen molar-refractivity contribution >= 4 is 5.91 Å². The first kappa shape index (κ1) is 10.1. The molecule has 0 radical (unpaired) electrons. The van der Waals surface area contributed by atoms with Crippen LogP contribution in [-0.4, -0.2) is 26.1 Å². The molecule has 1 amide bonds. The number of nitrogens with zero attached hydrogens (tertiary/aromatic N) is 2. The van der Waals surface area contributed by atoms with Crippen LogP contribution in [0.25, 0.3) is 0 Å². The van der Waals surface area contributed by atoms with Gasteiger partial charge in [0.1, 0.15) is 5.69 Å². The highest BCUT2D eigenvalue weighted by Gasteiger charge is 2.06. The molecule has 82 valence electrons. The normalized spacial score (nSPS) is 10.0. The van der Waals surface area contributed by atoms with E-state index in [0.29, 0.717) is 6.54 Å². The Labute approximate surface area is 89.9 Å². The maximum atomic E-state index is 11.5. The molecule has 0 aliphatic carbocycles. The average Bonchev–Trinajstić information content (AvgIpc) is 2.80. The lowest BCUT2D eigenvalue weighted by Crippen LogP contribution is -2.25. The molecule has 2 rings (SSSR count). The van der Waals surface area contributed by atoms with Gasteiger partial charge >= 0.3 is 0 Å². The lowest BCUT2D eigenvalue weighted by molar-refractivity contribution is 0.0945. The molecule has 3 N–H and O–H groups in total. The number of nitrogens with one attached hydrogen (secondary N) is 3. The first-order chi connectivity index (χ1) is 7.75. The Morgan fingerprint density at radius 2 is 2.38 bits per heavy atom. The van der Waals surface area contributed by atoms with Crippen molar-refractivity contribution in [2.75, 3.05) is 0 Å². The van der Waals surface area contributed by atoms with Crippen molar-refractivity contribution in [3.05, 3.63) is 46.4 Å². The summed E-state index contributed by atoms with van der Waals surface area (Å²) < 4.78 is 0. The molecule has 0 bridgehead atoms. The van der Waals surface area contributed by atoms with Gasteiger partial charge in [-0.05, 0) is 6.07 Å². The summed E-state index contributed by atoms with van der Waals surface area (Å²) in [6, 6.07) is 1.75. The molecular weight excluding hydrogens is 210 g/mol. The third-order valence-corrected chi connectivity index (χ3v) is 1.90. The standard InChI is InChI=1S/C9H9N5O2/c15-8-5-10-7(4-11-8)9(16)12-3-6-1-2-13-14-6/h1-2,4-5H,3H2,(H,11,15)(H,12,16)(H,13,14). The fourth-order valence-electron chi connectivity index (χ4n) is 1.12. The lowest BCUT2D eigenvalue weighted by Gasteiger charge is -2.01. The molecule has 0 unspecified atom stereocenters. The Morgan fingerprint density at radius 1 is 1.50 bits per heavy atom. The van der Waals surface area contributed by atoms with Gasteiger partial charge in [-0.25, -0.2) is 4.98 Å². The number of carbonyl (C=O) groups excluding carboxylic acids is 1. The summed E-state index contributed by atoms with van der Waals surface area (Å²) in [6.45, 7) is 0.333. The van der Waals surface area contributed by atoms with Crippen molar-refractivity contribution < 1.29 is 4.79 Å². The largest absolute Gasteiger partial charge is 0.345 e. The van der Waals surface area contributed by atoms with E-state index < -0.39 is 0 Å². The second-order valence-electron chi connectivity index (χ2n) is 3.06. The maximum Gasteiger partial charge on any atom is 0.271 e. The van der Waals surface area contributed by atoms with E-state index >= 15 is 0 Å². The molecule has 2 aromatic rings. The lowest BCUT2D eigenvalue weighted by atomic mass is 10.4. The molecule has 0 saturated carbocycles. The van der Waals surface area contributed by atoms with Crippen LogP contribution in [0.1, 0.15) is 16.2 Å². The van der Waals surface area contributed by atoms with Crippen LogP contribution in [0.3, 0.4) is 0 Å². The van der Waals surface area contributed by atoms with Gasteiger partial charge in [-0.3, -0.25) is 14.7 Å². The first-order valence-electron chi connectivity index (χ1n) is 4.57. The number of hydrogen-bond donors (Lipinski definition) is 3. The van der Waals surface area contributed by atoms with E-state index in [1.807, 2.05) is 0 Å². The van der Waals surface area contributed by atoms with E-state index in [1.165, 1.54) is 6.20 Å². The van der Waals surface area contributed by atoms with E-state index in [-0.39, 0.29) is 17.2 Å². The predicted molar refractivity (Wildman–Crippen MR) is 54.6 cm³/mol. The van der Waals surface area contributed by atoms with E-state index in [1.54, 1.807) is 12.3 Å². The van der Waals surface area contributed by atoms with Gasteiger partial charge in [0.15, 0.2) is 0 Å². The number of carbonyl (C=O) groups is 1. The zero-order chi connectivity index (χ0) is 11.4.